The minimum absolute atomic E-state index is 0.0336. The van der Waals surface area contributed by atoms with Crippen LogP contribution in [0.15, 0.2) is 12.3 Å². The third-order valence-electron chi connectivity index (χ3n) is 6.58. The molecule has 13 heteroatoms. The number of anilines is 2. The number of halogens is 3. The smallest absolute Gasteiger partial charge is 0.381 e. The first-order chi connectivity index (χ1) is 16.5. The van der Waals surface area contributed by atoms with Crippen LogP contribution in [0.2, 0.25) is 0 Å². The Morgan fingerprint density at radius 1 is 1.34 bits per heavy atom. The molecule has 2 aromatic heterocycles. The lowest BCUT2D eigenvalue weighted by Gasteiger charge is -2.37. The van der Waals surface area contributed by atoms with Crippen molar-refractivity contribution in [2.75, 3.05) is 39.2 Å². The van der Waals surface area contributed by atoms with Gasteiger partial charge in [0.05, 0.1) is 17.8 Å². The molecule has 2 aliphatic heterocycles. The molecule has 2 aromatic rings. The van der Waals surface area contributed by atoms with Gasteiger partial charge in [0, 0.05) is 37.6 Å². The Morgan fingerprint density at radius 3 is 2.71 bits per heavy atom. The lowest BCUT2D eigenvalue weighted by molar-refractivity contribution is -0.144. The van der Waals surface area contributed by atoms with Crippen LogP contribution in [-0.4, -0.2) is 75.9 Å². The van der Waals surface area contributed by atoms with Gasteiger partial charge in [0.1, 0.15) is 5.82 Å². The molecule has 1 fully saturated rings. The van der Waals surface area contributed by atoms with Crippen LogP contribution in [0, 0.1) is 5.92 Å². The van der Waals surface area contributed by atoms with Gasteiger partial charge in [0.2, 0.25) is 5.82 Å². The minimum Gasteiger partial charge on any atom is -0.381 e. The van der Waals surface area contributed by atoms with Crippen molar-refractivity contribution in [3.63, 3.8) is 0 Å². The highest BCUT2D eigenvalue weighted by Crippen LogP contribution is 2.41. The molecule has 2 aliphatic rings. The maximum absolute atomic E-state index is 13.5. The van der Waals surface area contributed by atoms with E-state index >= 15 is 0 Å². The van der Waals surface area contributed by atoms with Crippen LogP contribution in [0.4, 0.5) is 29.6 Å². The number of nitrogens with one attached hydrogen (secondary N) is 3. The molecule has 192 valence electrons. The van der Waals surface area contributed by atoms with Crippen LogP contribution in [-0.2, 0) is 23.0 Å². The Bertz CT molecular complexity index is 1050. The topological polar surface area (TPSA) is 111 Å². The SMILES string of the molecule is CN(C)CC(NC(=O)N1Cc2c(Nc3ccnc(C(F)(F)F)n3)n[nH]c2C1(C)C)C1CCOCC1. The van der Waals surface area contributed by atoms with Gasteiger partial charge in [0.25, 0.3) is 0 Å². The van der Waals surface area contributed by atoms with E-state index in [9.17, 15) is 18.0 Å². The summed E-state index contributed by atoms with van der Waals surface area (Å²) in [6.45, 7) is 6.13. The number of urea groups is 1. The second-order valence-corrected chi connectivity index (χ2v) is 9.73. The minimum atomic E-state index is -4.66. The monoisotopic (exact) mass is 496 g/mol. The van der Waals surface area contributed by atoms with Crippen molar-refractivity contribution in [2.24, 2.45) is 5.92 Å². The molecule has 1 unspecified atom stereocenters. The Morgan fingerprint density at radius 2 is 2.06 bits per heavy atom. The van der Waals surface area contributed by atoms with Crippen molar-refractivity contribution in [3.8, 4) is 0 Å². The van der Waals surface area contributed by atoms with Gasteiger partial charge in [-0.2, -0.15) is 18.3 Å². The largest absolute Gasteiger partial charge is 0.451 e. The van der Waals surface area contributed by atoms with Gasteiger partial charge < -0.3 is 25.2 Å². The number of hydrogen-bond donors (Lipinski definition) is 3. The number of carbonyl (C=O) groups is 1. The lowest BCUT2D eigenvalue weighted by atomic mass is 9.91. The van der Waals surface area contributed by atoms with Gasteiger partial charge in [-0.25, -0.2) is 14.8 Å². The van der Waals surface area contributed by atoms with Gasteiger partial charge in [-0.15, -0.1) is 0 Å². The van der Waals surface area contributed by atoms with E-state index in [1.807, 2.05) is 27.9 Å². The molecular weight excluding hydrogens is 465 g/mol. The van der Waals surface area contributed by atoms with E-state index < -0.39 is 17.5 Å². The molecule has 0 radical (unpaired) electrons. The Balaban J connectivity index is 1.51. The van der Waals surface area contributed by atoms with Gasteiger partial charge in [-0.05, 0) is 52.8 Å². The number of aromatic amines is 1. The van der Waals surface area contributed by atoms with E-state index in [0.717, 1.165) is 24.7 Å². The average Bonchev–Trinajstić information content (AvgIpc) is 3.31. The van der Waals surface area contributed by atoms with Crippen LogP contribution in [0.1, 0.15) is 43.8 Å². The zero-order chi connectivity index (χ0) is 25.4. The fraction of sp³-hybridized carbons (Fsp3) is 0.636. The first-order valence-corrected chi connectivity index (χ1v) is 11.5. The lowest BCUT2D eigenvalue weighted by Crippen LogP contribution is -2.54. The molecule has 0 aromatic carbocycles. The molecule has 2 amide bonds. The van der Waals surface area contributed by atoms with E-state index in [4.69, 9.17) is 4.74 Å². The van der Waals surface area contributed by atoms with Crippen molar-refractivity contribution in [1.82, 2.24) is 35.3 Å². The van der Waals surface area contributed by atoms with Crippen molar-refractivity contribution < 1.29 is 22.7 Å². The molecule has 4 heterocycles. The second-order valence-electron chi connectivity index (χ2n) is 9.73. The quantitative estimate of drug-likeness (QED) is 0.564. The average molecular weight is 497 g/mol. The normalized spacial score (nSPS) is 19.0. The summed E-state index contributed by atoms with van der Waals surface area (Å²) in [5.41, 5.74) is 0.719. The summed E-state index contributed by atoms with van der Waals surface area (Å²) in [5, 5.41) is 13.2. The molecule has 35 heavy (non-hydrogen) atoms. The fourth-order valence-electron chi connectivity index (χ4n) is 4.69. The predicted molar refractivity (Wildman–Crippen MR) is 122 cm³/mol. The number of likely N-dealkylation sites (N-methyl/N-ethyl adjacent to an activating group) is 1. The number of rotatable bonds is 6. The van der Waals surface area contributed by atoms with Crippen molar-refractivity contribution in [2.45, 2.75) is 51.0 Å². The van der Waals surface area contributed by atoms with Crippen LogP contribution in [0.3, 0.4) is 0 Å². The van der Waals surface area contributed by atoms with Gasteiger partial charge >= 0.3 is 12.2 Å². The number of ether oxygens (including phenoxy) is 1. The Hall–Kier alpha value is -2.93. The maximum Gasteiger partial charge on any atom is 0.451 e. The zero-order valence-electron chi connectivity index (χ0n) is 20.2. The number of nitrogens with zero attached hydrogens (tertiary/aromatic N) is 5. The summed E-state index contributed by atoms with van der Waals surface area (Å²) in [6, 6.07) is 1.10. The van der Waals surface area contributed by atoms with Gasteiger partial charge in [-0.3, -0.25) is 5.10 Å². The molecule has 0 bridgehead atoms. The number of H-pyrrole nitrogens is 1. The highest BCUT2D eigenvalue weighted by molar-refractivity contribution is 5.77. The van der Waals surface area contributed by atoms with Gasteiger partial charge in [-0.1, -0.05) is 0 Å². The molecular formula is C22H31F3N8O2. The van der Waals surface area contributed by atoms with E-state index in [0.29, 0.717) is 37.1 Å². The summed E-state index contributed by atoms with van der Waals surface area (Å²) in [4.78, 5) is 24.0. The zero-order valence-corrected chi connectivity index (χ0v) is 20.2. The van der Waals surface area contributed by atoms with E-state index in [1.54, 1.807) is 4.90 Å². The van der Waals surface area contributed by atoms with Gasteiger partial charge in [0.15, 0.2) is 5.82 Å². The predicted octanol–water partition coefficient (Wildman–Crippen LogP) is 3.08. The molecule has 0 aliphatic carbocycles. The van der Waals surface area contributed by atoms with Crippen LogP contribution in [0.25, 0.3) is 0 Å². The number of amides is 2. The first kappa shape index (κ1) is 25.2. The van der Waals surface area contributed by atoms with Crippen LogP contribution >= 0.6 is 0 Å². The summed E-state index contributed by atoms with van der Waals surface area (Å²) < 4.78 is 44.5. The number of alkyl halides is 3. The standard InChI is InChI=1S/C22H31F3N8O2/c1-21(2)17-14(18(31-30-17)28-16-5-8-26-19(29-16)22(23,24)25)11-33(21)20(34)27-15(12-32(3)4)13-6-9-35-10-7-13/h5,8,13,15H,6-7,9-12H2,1-4H3,(H,27,34)(H2,26,28,29,30,31). The van der Waals surface area contributed by atoms with Crippen LogP contribution < -0.4 is 10.6 Å². The van der Waals surface area contributed by atoms with E-state index in [-0.39, 0.29) is 24.4 Å². The number of aromatic nitrogens is 4. The highest BCUT2D eigenvalue weighted by atomic mass is 19.4. The highest BCUT2D eigenvalue weighted by Gasteiger charge is 2.44. The van der Waals surface area contributed by atoms with Crippen molar-refractivity contribution in [3.05, 3.63) is 29.3 Å². The summed E-state index contributed by atoms with van der Waals surface area (Å²) in [6.07, 6.45) is -1.85. The molecule has 0 spiro atoms. The summed E-state index contributed by atoms with van der Waals surface area (Å²) in [7, 11) is 3.95. The van der Waals surface area contributed by atoms with Crippen molar-refractivity contribution in [1.29, 1.82) is 0 Å². The summed E-state index contributed by atoms with van der Waals surface area (Å²) >= 11 is 0. The fourth-order valence-corrected chi connectivity index (χ4v) is 4.69. The molecule has 1 atom stereocenters. The van der Waals surface area contributed by atoms with E-state index in [2.05, 4.69) is 35.7 Å². The Kier molecular flexibility index (Phi) is 6.91. The number of hydrogen-bond acceptors (Lipinski definition) is 7. The third-order valence-corrected chi connectivity index (χ3v) is 6.58. The number of carbonyl (C=O) groups excluding carboxylic acids is 1. The van der Waals surface area contributed by atoms with Crippen molar-refractivity contribution >= 4 is 17.7 Å². The van der Waals surface area contributed by atoms with Crippen LogP contribution in [0.5, 0.6) is 0 Å². The second kappa shape index (κ2) is 9.61. The summed E-state index contributed by atoms with van der Waals surface area (Å²) in [5.74, 6) is -0.633. The first-order valence-electron chi connectivity index (χ1n) is 11.5. The molecule has 4 rings (SSSR count). The third kappa shape index (κ3) is 5.35. The maximum atomic E-state index is 13.5. The molecule has 1 saturated heterocycles. The molecule has 0 saturated carbocycles. The molecule has 3 N–H and O–H groups in total. The molecule has 10 nitrogen and oxygen atoms in total. The Labute approximate surface area is 201 Å². The van der Waals surface area contributed by atoms with E-state index in [1.165, 1.54) is 6.07 Å². The number of fused-ring (bicyclic) bond motifs is 1.